The fourth-order valence-electron chi connectivity index (χ4n) is 4.27. The first-order valence-electron chi connectivity index (χ1n) is 13.8. The molecular weight excluding hydrogens is 576 g/mol. The number of rotatable bonds is 0. The Morgan fingerprint density at radius 1 is 0.619 bits per heavy atom. The Morgan fingerprint density at radius 3 is 1.62 bits per heavy atom. The Hall–Kier alpha value is -3.94. The Balaban J connectivity index is 1.19. The summed E-state index contributed by atoms with van der Waals surface area (Å²) in [5.74, 6) is 1.03. The van der Waals surface area contributed by atoms with Crippen molar-refractivity contribution >= 4 is 44.8 Å². The summed E-state index contributed by atoms with van der Waals surface area (Å²) in [6, 6.07) is 14.9. The lowest BCUT2D eigenvalue weighted by molar-refractivity contribution is -0.116. The molecule has 4 aromatic rings. The van der Waals surface area contributed by atoms with Gasteiger partial charge in [0.25, 0.3) is 0 Å². The third kappa shape index (κ3) is 9.57. The fourth-order valence-corrected chi connectivity index (χ4v) is 5.86. The molecule has 0 fully saturated rings. The molecule has 2 aromatic carbocycles. The molecule has 0 atom stereocenters. The van der Waals surface area contributed by atoms with Gasteiger partial charge >= 0.3 is 0 Å². The number of ether oxygens (including phenoxy) is 3. The average Bonchev–Trinajstić information content (AvgIpc) is 3.61. The molecule has 3 heterocycles. The van der Waals surface area contributed by atoms with Gasteiger partial charge in [-0.3, -0.25) is 9.59 Å². The summed E-state index contributed by atoms with van der Waals surface area (Å²) >= 11 is 2.80. The molecule has 1 aliphatic rings. The van der Waals surface area contributed by atoms with E-state index in [1.807, 2.05) is 48.5 Å². The van der Waals surface area contributed by atoms with Crippen molar-refractivity contribution in [2.75, 3.05) is 37.1 Å². The van der Waals surface area contributed by atoms with Crippen LogP contribution in [-0.4, -0.2) is 58.6 Å². The van der Waals surface area contributed by atoms with E-state index in [0.29, 0.717) is 48.2 Å². The summed E-state index contributed by atoms with van der Waals surface area (Å²) in [5.41, 5.74) is 1.68. The summed E-state index contributed by atoms with van der Waals surface area (Å²) in [6.07, 6.45) is 4.89. The molecule has 0 aliphatic carbocycles. The van der Waals surface area contributed by atoms with Crippen molar-refractivity contribution in [1.29, 1.82) is 0 Å². The first-order valence-corrected chi connectivity index (χ1v) is 15.5. The third-order valence-electron chi connectivity index (χ3n) is 6.23. The van der Waals surface area contributed by atoms with Gasteiger partial charge in [-0.25, -0.2) is 0 Å². The highest BCUT2D eigenvalue weighted by Gasteiger charge is 2.12. The molecule has 2 amide bonds. The number of aromatic nitrogens is 4. The van der Waals surface area contributed by atoms with Gasteiger partial charge < -0.3 is 24.8 Å². The number of amides is 2. The number of anilines is 2. The van der Waals surface area contributed by atoms with Crippen LogP contribution in [0.4, 0.5) is 10.3 Å². The third-order valence-corrected chi connectivity index (χ3v) is 8.02. The number of nitrogens with zero attached hydrogens (tertiary/aromatic N) is 4. The molecule has 0 saturated heterocycles. The lowest BCUT2D eigenvalue weighted by atomic mass is 10.1. The molecule has 2 N–H and O–H groups in total. The summed E-state index contributed by atoms with van der Waals surface area (Å²) < 4.78 is 17.2. The van der Waals surface area contributed by atoms with Crippen molar-refractivity contribution in [3.05, 3.63) is 69.7 Å². The zero-order valence-corrected chi connectivity index (χ0v) is 24.7. The standard InChI is InChI=1S/C29H32N6O5S2/c36-24-18-20-6-4-8-22(16-20)39-14-12-38-13-15-40-23-9-5-7-21(17-23)19-25(37)31-29-35-33-27(42-29)11-3-1-2-10-26-32-34-28(30-24)41-26/h4-9,16-17H,1-3,10-15,18-19H2,(H,30,34,36)(H,31,35,37). The number of aryl methyl sites for hydroxylation is 2. The number of fused-ring (bicyclic) bond motifs is 8. The predicted molar refractivity (Wildman–Crippen MR) is 160 cm³/mol. The number of carbonyl (C=O) groups excluding carboxylic acids is 2. The van der Waals surface area contributed by atoms with E-state index in [-0.39, 0.29) is 24.7 Å². The van der Waals surface area contributed by atoms with Crippen molar-refractivity contribution in [3.8, 4) is 11.5 Å². The van der Waals surface area contributed by atoms with Crippen molar-refractivity contribution in [2.45, 2.75) is 44.9 Å². The number of hydrogen-bond donors (Lipinski definition) is 2. The van der Waals surface area contributed by atoms with Crippen LogP contribution < -0.4 is 20.1 Å². The van der Waals surface area contributed by atoms with Crippen LogP contribution in [0.25, 0.3) is 0 Å². The van der Waals surface area contributed by atoms with Gasteiger partial charge in [-0.1, -0.05) is 53.4 Å². The second-order valence-electron chi connectivity index (χ2n) is 9.62. The van der Waals surface area contributed by atoms with Gasteiger partial charge in [0.05, 0.1) is 26.1 Å². The van der Waals surface area contributed by atoms with Crippen molar-refractivity contribution in [2.24, 2.45) is 0 Å². The molecule has 1 aliphatic heterocycles. The highest BCUT2D eigenvalue weighted by Crippen LogP contribution is 2.21. The number of benzene rings is 2. The minimum Gasteiger partial charge on any atom is -0.491 e. The molecule has 0 spiro atoms. The van der Waals surface area contributed by atoms with Gasteiger partial charge in [-0.2, -0.15) is 0 Å². The van der Waals surface area contributed by atoms with Crippen LogP contribution >= 0.6 is 22.7 Å². The molecule has 2 aromatic heterocycles. The van der Waals surface area contributed by atoms with E-state index < -0.39 is 0 Å². The predicted octanol–water partition coefficient (Wildman–Crippen LogP) is 4.50. The normalized spacial score (nSPS) is 16.3. The first kappa shape index (κ1) is 29.5. The second-order valence-corrected chi connectivity index (χ2v) is 11.7. The lowest BCUT2D eigenvalue weighted by Crippen LogP contribution is -2.15. The fraction of sp³-hybridized carbons (Fsp3) is 0.379. The smallest absolute Gasteiger partial charge is 0.230 e. The maximum absolute atomic E-state index is 12.6. The second kappa shape index (κ2) is 15.3. The molecular formula is C29H32N6O5S2. The zero-order valence-electron chi connectivity index (χ0n) is 23.0. The summed E-state index contributed by atoms with van der Waals surface area (Å²) in [5, 5.41) is 25.1. The van der Waals surface area contributed by atoms with Gasteiger partial charge in [-0.05, 0) is 48.2 Å². The number of carbonyl (C=O) groups is 2. The monoisotopic (exact) mass is 608 g/mol. The Labute approximate surface area is 251 Å². The topological polar surface area (TPSA) is 137 Å². The SMILES string of the molecule is O=C1Cc2cccc(c2)OCCOCCOc2cccc(c2)CC(=O)Nc2nnc(s2)CCCCCc2nnc(s2)N1. The summed E-state index contributed by atoms with van der Waals surface area (Å²) in [4.78, 5) is 25.2. The molecule has 0 radical (unpaired) electrons. The largest absolute Gasteiger partial charge is 0.491 e. The van der Waals surface area contributed by atoms with E-state index >= 15 is 0 Å². The number of nitrogens with one attached hydrogen (secondary N) is 2. The van der Waals surface area contributed by atoms with Gasteiger partial charge in [0.15, 0.2) is 0 Å². The van der Waals surface area contributed by atoms with Crippen molar-refractivity contribution in [1.82, 2.24) is 20.4 Å². The van der Waals surface area contributed by atoms with E-state index in [1.165, 1.54) is 22.7 Å². The number of hydrogen-bond acceptors (Lipinski definition) is 11. The van der Waals surface area contributed by atoms with E-state index in [1.54, 1.807) is 0 Å². The molecule has 42 heavy (non-hydrogen) atoms. The van der Waals surface area contributed by atoms with E-state index in [9.17, 15) is 9.59 Å². The van der Waals surface area contributed by atoms with Crippen LogP contribution in [0.3, 0.4) is 0 Å². The van der Waals surface area contributed by atoms with Gasteiger partial charge in [0, 0.05) is 12.8 Å². The maximum atomic E-state index is 12.6. The Morgan fingerprint density at radius 2 is 1.12 bits per heavy atom. The molecule has 5 rings (SSSR count). The zero-order chi connectivity index (χ0) is 29.0. The van der Waals surface area contributed by atoms with Crippen molar-refractivity contribution < 1.29 is 23.8 Å². The minimum absolute atomic E-state index is 0.156. The Bertz CT molecular complexity index is 1370. The maximum Gasteiger partial charge on any atom is 0.230 e. The molecule has 220 valence electrons. The Kier molecular flexibility index (Phi) is 10.8. The van der Waals surface area contributed by atoms with E-state index in [2.05, 4.69) is 31.0 Å². The average molecular weight is 609 g/mol. The molecule has 0 unspecified atom stereocenters. The first-order chi connectivity index (χ1) is 20.6. The highest BCUT2D eigenvalue weighted by atomic mass is 32.1. The van der Waals surface area contributed by atoms with Crippen LogP contribution in [0.2, 0.25) is 0 Å². The molecule has 0 saturated carbocycles. The van der Waals surface area contributed by atoms with Gasteiger partial charge in [-0.15, -0.1) is 20.4 Å². The van der Waals surface area contributed by atoms with Crippen LogP contribution in [0.15, 0.2) is 48.5 Å². The van der Waals surface area contributed by atoms with Crippen LogP contribution in [-0.2, 0) is 40.0 Å². The van der Waals surface area contributed by atoms with Crippen LogP contribution in [0, 0.1) is 0 Å². The molecule has 13 heteroatoms. The van der Waals surface area contributed by atoms with Gasteiger partial charge in [0.2, 0.25) is 22.1 Å². The van der Waals surface area contributed by atoms with E-state index in [0.717, 1.165) is 53.2 Å². The summed E-state index contributed by atoms with van der Waals surface area (Å²) in [7, 11) is 0. The molecule has 8 bridgehead atoms. The minimum atomic E-state index is -0.156. The quantitative estimate of drug-likeness (QED) is 0.296. The highest BCUT2D eigenvalue weighted by molar-refractivity contribution is 7.15. The van der Waals surface area contributed by atoms with E-state index in [4.69, 9.17) is 14.2 Å². The van der Waals surface area contributed by atoms with Crippen molar-refractivity contribution in [3.63, 3.8) is 0 Å². The lowest BCUT2D eigenvalue weighted by Gasteiger charge is -2.10. The molecule has 11 nitrogen and oxygen atoms in total. The van der Waals surface area contributed by atoms with Crippen LogP contribution in [0.5, 0.6) is 11.5 Å². The van der Waals surface area contributed by atoms with Gasteiger partial charge in [0.1, 0.15) is 34.7 Å². The summed E-state index contributed by atoms with van der Waals surface area (Å²) in [6.45, 7) is 1.51. The van der Waals surface area contributed by atoms with Crippen LogP contribution in [0.1, 0.15) is 40.4 Å².